The first-order valence-corrected chi connectivity index (χ1v) is 8.58. The predicted molar refractivity (Wildman–Crippen MR) is 91.1 cm³/mol. The fourth-order valence-electron chi connectivity index (χ4n) is 2.97. The molecule has 0 unspecified atom stereocenters. The molecule has 1 aromatic heterocycles. The van der Waals surface area contributed by atoms with Crippen molar-refractivity contribution in [1.29, 1.82) is 0 Å². The maximum absolute atomic E-state index is 12.4. The Morgan fingerprint density at radius 3 is 2.71 bits per heavy atom. The molecule has 1 amide bonds. The second-order valence-electron chi connectivity index (χ2n) is 6.14. The number of benzene rings is 1. The van der Waals surface area contributed by atoms with Gasteiger partial charge in [-0.2, -0.15) is 4.80 Å². The van der Waals surface area contributed by atoms with Gasteiger partial charge in [0.2, 0.25) is 11.7 Å². The van der Waals surface area contributed by atoms with Crippen molar-refractivity contribution in [3.8, 4) is 11.4 Å². The first-order valence-electron chi connectivity index (χ1n) is 8.58. The van der Waals surface area contributed by atoms with Crippen LogP contribution in [-0.2, 0) is 11.3 Å². The number of likely N-dealkylation sites (tertiary alicyclic amines) is 1. The second kappa shape index (κ2) is 8.01. The lowest BCUT2D eigenvalue weighted by Crippen LogP contribution is -2.42. The molecule has 1 N–H and O–H groups in total. The molecule has 24 heavy (non-hydrogen) atoms. The summed E-state index contributed by atoms with van der Waals surface area (Å²) in [6, 6.07) is 9.66. The van der Waals surface area contributed by atoms with Crippen molar-refractivity contribution in [3.63, 3.8) is 0 Å². The van der Waals surface area contributed by atoms with Crippen LogP contribution in [0.4, 0.5) is 0 Å². The third kappa shape index (κ3) is 4.17. The zero-order valence-corrected chi connectivity index (χ0v) is 14.1. The molecule has 2 aromatic rings. The van der Waals surface area contributed by atoms with Crippen LogP contribution in [0.15, 0.2) is 30.3 Å². The van der Waals surface area contributed by atoms with Gasteiger partial charge in [0.25, 0.3) is 0 Å². The van der Waals surface area contributed by atoms with E-state index in [9.17, 15) is 4.79 Å². The van der Waals surface area contributed by atoms with Gasteiger partial charge in [-0.25, -0.2) is 0 Å². The van der Waals surface area contributed by atoms with E-state index >= 15 is 0 Å². The topological polar surface area (TPSA) is 75.9 Å². The lowest BCUT2D eigenvalue weighted by atomic mass is 9.97. The fraction of sp³-hybridized carbons (Fsp3) is 0.529. The maximum atomic E-state index is 12.4. The number of nitrogens with zero attached hydrogens (tertiary/aromatic N) is 5. The number of rotatable bonds is 6. The largest absolute Gasteiger partial charge is 0.341 e. The van der Waals surface area contributed by atoms with Gasteiger partial charge in [0.1, 0.15) is 6.54 Å². The maximum Gasteiger partial charge on any atom is 0.246 e. The number of carbonyl (C=O) groups is 1. The first kappa shape index (κ1) is 16.6. The molecule has 0 aliphatic carbocycles. The van der Waals surface area contributed by atoms with Crippen LogP contribution in [0, 0.1) is 5.92 Å². The van der Waals surface area contributed by atoms with Crippen LogP contribution in [-0.4, -0.2) is 57.2 Å². The summed E-state index contributed by atoms with van der Waals surface area (Å²) >= 11 is 0. The SMILES string of the molecule is CCNCC1CCN(C(=O)Cn2nnc(-c3ccccc3)n2)CC1. The highest BCUT2D eigenvalue weighted by Crippen LogP contribution is 2.17. The standard InChI is InChI=1S/C17H24N6O/c1-2-18-12-14-8-10-22(11-9-14)16(24)13-23-20-17(19-21-23)15-6-4-3-5-7-15/h3-7,14,18H,2,8-13H2,1H3. The number of amides is 1. The van der Waals surface area contributed by atoms with Crippen LogP contribution in [0.2, 0.25) is 0 Å². The Balaban J connectivity index is 1.52. The Hall–Kier alpha value is -2.28. The lowest BCUT2D eigenvalue weighted by molar-refractivity contribution is -0.133. The minimum absolute atomic E-state index is 0.0638. The number of hydrogen-bond donors (Lipinski definition) is 1. The summed E-state index contributed by atoms with van der Waals surface area (Å²) in [6.45, 7) is 5.94. The van der Waals surface area contributed by atoms with Crippen molar-refractivity contribution in [3.05, 3.63) is 30.3 Å². The zero-order chi connectivity index (χ0) is 16.8. The zero-order valence-electron chi connectivity index (χ0n) is 14.1. The van der Waals surface area contributed by atoms with Crippen molar-refractivity contribution in [2.75, 3.05) is 26.2 Å². The third-order valence-electron chi connectivity index (χ3n) is 4.41. The summed E-state index contributed by atoms with van der Waals surface area (Å²) in [5, 5.41) is 15.7. The van der Waals surface area contributed by atoms with Gasteiger partial charge in [-0.05, 0) is 37.1 Å². The molecule has 1 saturated heterocycles. The van der Waals surface area contributed by atoms with E-state index in [1.165, 1.54) is 4.80 Å². The van der Waals surface area contributed by atoms with Gasteiger partial charge in [0.05, 0.1) is 0 Å². The molecule has 0 bridgehead atoms. The van der Waals surface area contributed by atoms with Gasteiger partial charge >= 0.3 is 0 Å². The molecule has 7 heteroatoms. The second-order valence-corrected chi connectivity index (χ2v) is 6.14. The van der Waals surface area contributed by atoms with E-state index in [0.717, 1.165) is 44.6 Å². The molecule has 1 aliphatic heterocycles. The average Bonchev–Trinajstić information content (AvgIpc) is 3.09. The van der Waals surface area contributed by atoms with Gasteiger partial charge in [-0.3, -0.25) is 4.79 Å². The summed E-state index contributed by atoms with van der Waals surface area (Å²) < 4.78 is 0. The van der Waals surface area contributed by atoms with Gasteiger partial charge in [0, 0.05) is 18.7 Å². The molecule has 1 aromatic carbocycles. The van der Waals surface area contributed by atoms with Crippen LogP contribution < -0.4 is 5.32 Å². The molecule has 128 valence electrons. The number of carbonyl (C=O) groups excluding carboxylic acids is 1. The van der Waals surface area contributed by atoms with E-state index in [1.54, 1.807) is 0 Å². The van der Waals surface area contributed by atoms with E-state index in [2.05, 4.69) is 27.7 Å². The van der Waals surface area contributed by atoms with Crippen molar-refractivity contribution in [2.24, 2.45) is 5.92 Å². The molecular weight excluding hydrogens is 304 g/mol. The molecule has 0 spiro atoms. The van der Waals surface area contributed by atoms with Gasteiger partial charge in [-0.15, -0.1) is 10.2 Å². The molecular formula is C17H24N6O. The molecule has 1 fully saturated rings. The normalized spacial score (nSPS) is 15.6. The summed E-state index contributed by atoms with van der Waals surface area (Å²) in [5.74, 6) is 1.28. The van der Waals surface area contributed by atoms with Crippen molar-refractivity contribution < 1.29 is 4.79 Å². The Labute approximate surface area is 142 Å². The first-order chi connectivity index (χ1) is 11.8. The number of hydrogen-bond acceptors (Lipinski definition) is 5. The smallest absolute Gasteiger partial charge is 0.246 e. The quantitative estimate of drug-likeness (QED) is 0.862. The monoisotopic (exact) mass is 328 g/mol. The number of piperidine rings is 1. The third-order valence-corrected chi connectivity index (χ3v) is 4.41. The molecule has 0 atom stereocenters. The van der Waals surface area contributed by atoms with Crippen LogP contribution >= 0.6 is 0 Å². The van der Waals surface area contributed by atoms with Crippen LogP contribution in [0.3, 0.4) is 0 Å². The Bertz CT molecular complexity index is 648. The van der Waals surface area contributed by atoms with Gasteiger partial charge in [0.15, 0.2) is 0 Å². The minimum atomic E-state index is 0.0638. The van der Waals surface area contributed by atoms with E-state index in [4.69, 9.17) is 0 Å². The highest BCUT2D eigenvalue weighted by molar-refractivity contribution is 5.75. The minimum Gasteiger partial charge on any atom is -0.341 e. The number of tetrazole rings is 1. The van der Waals surface area contributed by atoms with Crippen LogP contribution in [0.1, 0.15) is 19.8 Å². The Morgan fingerprint density at radius 2 is 2.00 bits per heavy atom. The predicted octanol–water partition coefficient (Wildman–Crippen LogP) is 1.19. The van der Waals surface area contributed by atoms with Crippen molar-refractivity contribution in [1.82, 2.24) is 30.4 Å². The number of aromatic nitrogens is 4. The molecule has 0 radical (unpaired) electrons. The van der Waals surface area contributed by atoms with E-state index in [1.807, 2.05) is 35.2 Å². The van der Waals surface area contributed by atoms with E-state index in [0.29, 0.717) is 11.7 Å². The van der Waals surface area contributed by atoms with Crippen molar-refractivity contribution >= 4 is 5.91 Å². The van der Waals surface area contributed by atoms with Gasteiger partial charge < -0.3 is 10.2 Å². The summed E-state index contributed by atoms with van der Waals surface area (Å²) in [4.78, 5) is 15.7. The summed E-state index contributed by atoms with van der Waals surface area (Å²) in [5.41, 5.74) is 0.903. The molecule has 2 heterocycles. The number of nitrogens with one attached hydrogen (secondary N) is 1. The average molecular weight is 328 g/mol. The molecule has 3 rings (SSSR count). The van der Waals surface area contributed by atoms with E-state index < -0.39 is 0 Å². The van der Waals surface area contributed by atoms with Crippen molar-refractivity contribution in [2.45, 2.75) is 26.3 Å². The Kier molecular flexibility index (Phi) is 5.53. The summed E-state index contributed by atoms with van der Waals surface area (Å²) in [7, 11) is 0. The van der Waals surface area contributed by atoms with Gasteiger partial charge in [-0.1, -0.05) is 37.3 Å². The van der Waals surface area contributed by atoms with E-state index in [-0.39, 0.29) is 12.5 Å². The Morgan fingerprint density at radius 1 is 1.25 bits per heavy atom. The lowest BCUT2D eigenvalue weighted by Gasteiger charge is -2.31. The fourth-order valence-corrected chi connectivity index (χ4v) is 2.97. The van der Waals surface area contributed by atoms with Crippen LogP contribution in [0.5, 0.6) is 0 Å². The highest BCUT2D eigenvalue weighted by atomic mass is 16.2. The summed E-state index contributed by atoms with van der Waals surface area (Å²) in [6.07, 6.45) is 2.11. The molecule has 0 saturated carbocycles. The molecule has 7 nitrogen and oxygen atoms in total. The van der Waals surface area contributed by atoms with Crippen LogP contribution in [0.25, 0.3) is 11.4 Å². The molecule has 1 aliphatic rings. The highest BCUT2D eigenvalue weighted by Gasteiger charge is 2.23.